The first-order chi connectivity index (χ1) is 7.26. The Labute approximate surface area is 87.8 Å². The summed E-state index contributed by atoms with van der Waals surface area (Å²) < 4.78 is 4.70. The van der Waals surface area contributed by atoms with Crippen molar-refractivity contribution in [1.29, 1.82) is 5.26 Å². The number of nitriles is 1. The topological polar surface area (TPSA) is 63.0 Å². The fraction of sp³-hybridized carbons (Fsp3) is 0.182. The van der Waals surface area contributed by atoms with Gasteiger partial charge in [-0.1, -0.05) is 6.07 Å². The summed E-state index contributed by atoms with van der Waals surface area (Å²) in [5, 5.41) is 8.60. The number of nitrogens with zero attached hydrogens (tertiary/aromatic N) is 2. The lowest BCUT2D eigenvalue weighted by atomic mass is 10.3. The fourth-order valence-electron chi connectivity index (χ4n) is 0.950. The van der Waals surface area contributed by atoms with Crippen molar-refractivity contribution in [2.75, 3.05) is 6.61 Å². The molecule has 0 aliphatic heterocycles. The zero-order valence-electron chi connectivity index (χ0n) is 8.30. The predicted molar refractivity (Wildman–Crippen MR) is 54.6 cm³/mol. The lowest BCUT2D eigenvalue weighted by molar-refractivity contribution is -0.137. The summed E-state index contributed by atoms with van der Waals surface area (Å²) in [6.45, 7) is 2.08. The third-order valence-electron chi connectivity index (χ3n) is 1.56. The molecule has 0 aliphatic rings. The van der Waals surface area contributed by atoms with Crippen LogP contribution in [0.3, 0.4) is 0 Å². The molecule has 0 spiro atoms. The van der Waals surface area contributed by atoms with Gasteiger partial charge in [-0.3, -0.25) is 0 Å². The van der Waals surface area contributed by atoms with Crippen LogP contribution >= 0.6 is 0 Å². The van der Waals surface area contributed by atoms with E-state index in [4.69, 9.17) is 10.00 Å². The molecule has 0 saturated carbocycles. The van der Waals surface area contributed by atoms with Gasteiger partial charge in [0.25, 0.3) is 0 Å². The molecule has 0 fully saturated rings. The average Bonchev–Trinajstić information content (AvgIpc) is 2.27. The van der Waals surface area contributed by atoms with Crippen molar-refractivity contribution in [1.82, 2.24) is 4.98 Å². The molecule has 1 rings (SSSR count). The van der Waals surface area contributed by atoms with Crippen molar-refractivity contribution in [2.45, 2.75) is 6.92 Å². The normalized spacial score (nSPS) is 9.87. The highest BCUT2D eigenvalue weighted by molar-refractivity contribution is 5.86. The summed E-state index contributed by atoms with van der Waals surface area (Å²) >= 11 is 0. The van der Waals surface area contributed by atoms with Gasteiger partial charge in [-0.25, -0.2) is 9.78 Å². The first-order valence-corrected chi connectivity index (χ1v) is 4.48. The monoisotopic (exact) mass is 202 g/mol. The van der Waals surface area contributed by atoms with Crippen LogP contribution in [0.4, 0.5) is 0 Å². The van der Waals surface area contributed by atoms with Crippen LogP contribution < -0.4 is 0 Å². The average molecular weight is 202 g/mol. The molecule has 76 valence electrons. The molecule has 0 N–H and O–H groups in total. The number of rotatable bonds is 3. The van der Waals surface area contributed by atoms with Gasteiger partial charge >= 0.3 is 5.97 Å². The molecule has 0 unspecified atom stereocenters. The molecule has 0 aromatic carbocycles. The van der Waals surface area contributed by atoms with Crippen LogP contribution in [0.15, 0.2) is 24.3 Å². The van der Waals surface area contributed by atoms with Crippen LogP contribution in [0, 0.1) is 11.3 Å². The van der Waals surface area contributed by atoms with Gasteiger partial charge in [-0.05, 0) is 25.1 Å². The molecule has 1 aromatic rings. The van der Waals surface area contributed by atoms with Crippen molar-refractivity contribution in [3.05, 3.63) is 35.7 Å². The molecule has 0 bridgehead atoms. The van der Waals surface area contributed by atoms with Gasteiger partial charge in [0.2, 0.25) is 0 Å². The number of ether oxygens (including phenoxy) is 1. The number of aromatic nitrogens is 1. The minimum Gasteiger partial charge on any atom is -0.463 e. The van der Waals surface area contributed by atoms with Gasteiger partial charge in [-0.15, -0.1) is 0 Å². The summed E-state index contributed by atoms with van der Waals surface area (Å²) in [6.07, 6.45) is 2.80. The highest BCUT2D eigenvalue weighted by Gasteiger charge is 1.95. The van der Waals surface area contributed by atoms with Gasteiger partial charge in [0, 0.05) is 6.08 Å². The third kappa shape index (κ3) is 3.61. The summed E-state index contributed by atoms with van der Waals surface area (Å²) in [5.41, 5.74) is 0.878. The van der Waals surface area contributed by atoms with E-state index in [-0.39, 0.29) is 0 Å². The Morgan fingerprint density at radius 1 is 1.67 bits per heavy atom. The fourth-order valence-corrected chi connectivity index (χ4v) is 0.950. The Bertz CT molecular complexity index is 419. The van der Waals surface area contributed by atoms with E-state index in [2.05, 4.69) is 4.98 Å². The second-order valence-corrected chi connectivity index (χ2v) is 2.64. The minimum absolute atomic E-state index is 0.320. The number of hydrogen-bond donors (Lipinski definition) is 0. The zero-order valence-corrected chi connectivity index (χ0v) is 8.30. The zero-order chi connectivity index (χ0) is 11.1. The molecular weight excluding hydrogens is 192 g/mol. The van der Waals surface area contributed by atoms with E-state index in [0.717, 1.165) is 0 Å². The van der Waals surface area contributed by atoms with Crippen LogP contribution in [0.25, 0.3) is 6.08 Å². The number of pyridine rings is 1. The highest BCUT2D eigenvalue weighted by atomic mass is 16.5. The summed E-state index contributed by atoms with van der Waals surface area (Å²) in [4.78, 5) is 14.9. The van der Waals surface area contributed by atoms with Gasteiger partial charge in [0.05, 0.1) is 12.3 Å². The summed E-state index contributed by atoms with van der Waals surface area (Å²) in [7, 11) is 0. The Kier molecular flexibility index (Phi) is 4.05. The van der Waals surface area contributed by atoms with Crippen LogP contribution in [0.5, 0.6) is 0 Å². The van der Waals surface area contributed by atoms with Gasteiger partial charge in [0.1, 0.15) is 11.8 Å². The molecule has 15 heavy (non-hydrogen) atoms. The number of hydrogen-bond acceptors (Lipinski definition) is 4. The molecule has 4 nitrogen and oxygen atoms in total. The van der Waals surface area contributed by atoms with E-state index in [1.165, 1.54) is 12.2 Å². The molecule has 0 atom stereocenters. The molecule has 1 heterocycles. The number of carbonyl (C=O) groups excluding carboxylic acids is 1. The molecule has 0 radical (unpaired) electrons. The van der Waals surface area contributed by atoms with Crippen LogP contribution in [0.2, 0.25) is 0 Å². The molecule has 0 amide bonds. The van der Waals surface area contributed by atoms with E-state index in [9.17, 15) is 4.79 Å². The highest BCUT2D eigenvalue weighted by Crippen LogP contribution is 2.00. The third-order valence-corrected chi connectivity index (χ3v) is 1.56. The smallest absolute Gasteiger partial charge is 0.330 e. The Morgan fingerprint density at radius 3 is 3.13 bits per heavy atom. The maximum Gasteiger partial charge on any atom is 0.330 e. The number of carbonyl (C=O) groups is 1. The second-order valence-electron chi connectivity index (χ2n) is 2.64. The minimum atomic E-state index is -0.415. The lowest BCUT2D eigenvalue weighted by Gasteiger charge is -1.95. The van der Waals surface area contributed by atoms with Gasteiger partial charge in [-0.2, -0.15) is 5.26 Å². The molecule has 1 aromatic heterocycles. The quantitative estimate of drug-likeness (QED) is 0.550. The van der Waals surface area contributed by atoms with Crippen LogP contribution in [0.1, 0.15) is 18.3 Å². The van der Waals surface area contributed by atoms with Crippen molar-refractivity contribution >= 4 is 12.0 Å². The van der Waals surface area contributed by atoms with E-state index in [1.807, 2.05) is 6.07 Å². The molecule has 4 heteroatoms. The molecular formula is C11H10N2O2. The van der Waals surface area contributed by atoms with E-state index >= 15 is 0 Å². The first-order valence-electron chi connectivity index (χ1n) is 4.48. The van der Waals surface area contributed by atoms with Crippen molar-refractivity contribution < 1.29 is 9.53 Å². The van der Waals surface area contributed by atoms with E-state index in [1.54, 1.807) is 25.1 Å². The first kappa shape index (κ1) is 10.9. The van der Waals surface area contributed by atoms with Crippen LogP contribution in [-0.4, -0.2) is 17.6 Å². The maximum atomic E-state index is 11.0. The SMILES string of the molecule is CCOC(=O)C=Cc1cccc(C#N)n1. The number of esters is 1. The van der Waals surface area contributed by atoms with Gasteiger partial charge < -0.3 is 4.74 Å². The van der Waals surface area contributed by atoms with E-state index < -0.39 is 5.97 Å². The summed E-state index contributed by atoms with van der Waals surface area (Å²) in [6, 6.07) is 6.93. The van der Waals surface area contributed by atoms with Gasteiger partial charge in [0.15, 0.2) is 0 Å². The van der Waals surface area contributed by atoms with Crippen molar-refractivity contribution in [3.63, 3.8) is 0 Å². The Morgan fingerprint density at radius 2 is 2.47 bits per heavy atom. The molecule has 0 saturated heterocycles. The Hall–Kier alpha value is -2.15. The second kappa shape index (κ2) is 5.55. The summed E-state index contributed by atoms with van der Waals surface area (Å²) in [5.74, 6) is -0.415. The van der Waals surface area contributed by atoms with Crippen molar-refractivity contribution in [2.24, 2.45) is 0 Å². The Balaban J connectivity index is 2.72. The largest absolute Gasteiger partial charge is 0.463 e. The maximum absolute atomic E-state index is 11.0. The van der Waals surface area contributed by atoms with Crippen LogP contribution in [-0.2, 0) is 9.53 Å². The van der Waals surface area contributed by atoms with E-state index in [0.29, 0.717) is 18.0 Å². The lowest BCUT2D eigenvalue weighted by Crippen LogP contribution is -1.98. The standard InChI is InChI=1S/C11H10N2O2/c1-2-15-11(14)7-6-9-4-3-5-10(8-12)13-9/h3-7H,2H2,1H3. The molecule has 0 aliphatic carbocycles. The predicted octanol–water partition coefficient (Wildman–Crippen LogP) is 1.53. The van der Waals surface area contributed by atoms with Crippen molar-refractivity contribution in [3.8, 4) is 6.07 Å².